The second-order valence-electron chi connectivity index (χ2n) is 5.95. The number of hydrogen-bond donors (Lipinski definition) is 3. The Morgan fingerprint density at radius 2 is 2.12 bits per heavy atom. The van der Waals surface area contributed by atoms with E-state index >= 15 is 0 Å². The van der Waals surface area contributed by atoms with E-state index in [1.165, 1.54) is 17.3 Å². The average Bonchev–Trinajstić information content (AvgIpc) is 2.90. The standard InChI is InChI=1S/C17H24N6OS/c1-5-18-14-20-15(19-6-2)23-16(21-14)25-10-17(23,24)22-13-9-7-8-11(3)12(13)4/h7-9,22,24H,5-6,10H2,1-4H3,(H,18,19,20)/t17-/m1/s1. The number of benzene rings is 1. The summed E-state index contributed by atoms with van der Waals surface area (Å²) in [7, 11) is 0. The number of nitrogens with one attached hydrogen (secondary N) is 2. The highest BCUT2D eigenvalue weighted by atomic mass is 32.2. The van der Waals surface area contributed by atoms with Crippen molar-refractivity contribution in [3.8, 4) is 0 Å². The number of rotatable bonds is 5. The van der Waals surface area contributed by atoms with Crippen molar-refractivity contribution in [1.29, 1.82) is 0 Å². The number of thioether (sulfide) groups is 1. The molecule has 0 saturated carbocycles. The molecule has 2 aromatic rings. The van der Waals surface area contributed by atoms with Crippen LogP contribution in [0.1, 0.15) is 25.0 Å². The lowest BCUT2D eigenvalue weighted by Gasteiger charge is -2.28. The molecule has 1 atom stereocenters. The van der Waals surface area contributed by atoms with E-state index in [0.717, 1.165) is 17.8 Å². The first-order valence-corrected chi connectivity index (χ1v) is 9.42. The first kappa shape index (κ1) is 17.8. The van der Waals surface area contributed by atoms with Gasteiger partial charge in [-0.25, -0.2) is 4.57 Å². The molecule has 3 rings (SSSR count). The highest BCUT2D eigenvalue weighted by Gasteiger charge is 2.39. The van der Waals surface area contributed by atoms with Gasteiger partial charge in [0.15, 0.2) is 5.16 Å². The average molecular weight is 360 g/mol. The summed E-state index contributed by atoms with van der Waals surface area (Å²) in [6.45, 7) is 9.33. The lowest BCUT2D eigenvalue weighted by atomic mass is 10.1. The van der Waals surface area contributed by atoms with Crippen molar-refractivity contribution in [2.75, 3.05) is 29.5 Å². The Balaban J connectivity index is 2.08. The predicted octanol–water partition coefficient (Wildman–Crippen LogP) is 2.07. The zero-order valence-corrected chi connectivity index (χ0v) is 15.8. The Morgan fingerprint density at radius 3 is 2.84 bits per heavy atom. The van der Waals surface area contributed by atoms with Crippen LogP contribution in [0.15, 0.2) is 28.3 Å². The lowest BCUT2D eigenvalue weighted by Crippen LogP contribution is -2.48. The number of aromatic nitrogens is 3. The Hall–Kier alpha value is -2.06. The highest BCUT2D eigenvalue weighted by molar-refractivity contribution is 7.99. The highest BCUT2D eigenvalue weighted by Crippen LogP contribution is 2.35. The minimum absolute atomic E-state index is 0.427. The normalized spacial score (nSPS) is 19.8. The lowest BCUT2D eigenvalue weighted by molar-refractivity contribution is 0.00812. The third-order valence-electron chi connectivity index (χ3n) is 4.15. The minimum atomic E-state index is -1.32. The molecule has 0 spiro atoms. The van der Waals surface area contributed by atoms with Crippen molar-refractivity contribution in [3.05, 3.63) is 34.9 Å². The largest absolute Gasteiger partial charge is 0.354 e. The van der Waals surface area contributed by atoms with Crippen LogP contribution in [0.2, 0.25) is 0 Å². The van der Waals surface area contributed by atoms with E-state index in [1.54, 1.807) is 4.57 Å². The monoisotopic (exact) mass is 360 g/mol. The van der Waals surface area contributed by atoms with Crippen molar-refractivity contribution >= 4 is 23.4 Å². The quantitative estimate of drug-likeness (QED) is 0.708. The van der Waals surface area contributed by atoms with Gasteiger partial charge in [0.05, 0.1) is 5.75 Å². The first-order chi connectivity index (χ1) is 12.0. The summed E-state index contributed by atoms with van der Waals surface area (Å²) in [4.78, 5) is 13.4. The van der Waals surface area contributed by atoms with Crippen LogP contribution >= 0.6 is 11.8 Å². The van der Waals surface area contributed by atoms with Crippen LogP contribution in [0.3, 0.4) is 0 Å². The molecule has 0 bridgehead atoms. The van der Waals surface area contributed by atoms with Gasteiger partial charge in [0, 0.05) is 18.8 Å². The van der Waals surface area contributed by atoms with Gasteiger partial charge in [0.2, 0.25) is 17.4 Å². The van der Waals surface area contributed by atoms with Crippen molar-refractivity contribution in [2.45, 2.75) is 38.7 Å². The second-order valence-corrected chi connectivity index (χ2v) is 6.89. The summed E-state index contributed by atoms with van der Waals surface area (Å²) >= 11 is 1.48. The number of aryl methyl sites for hydroxylation is 1. The summed E-state index contributed by atoms with van der Waals surface area (Å²) in [6.07, 6.45) is 0. The van der Waals surface area contributed by atoms with E-state index in [4.69, 9.17) is 0 Å². The molecule has 0 aliphatic carbocycles. The maximum absolute atomic E-state index is 11.3. The SMILES string of the molecule is CCN=c1nc(NCC)nc2n1[C@](O)(Nc1cccc(C)c1C)CS2. The predicted molar refractivity (Wildman–Crippen MR) is 101 cm³/mol. The van der Waals surface area contributed by atoms with Gasteiger partial charge in [-0.2, -0.15) is 9.97 Å². The van der Waals surface area contributed by atoms with Gasteiger partial charge in [-0.1, -0.05) is 23.9 Å². The molecule has 1 aromatic heterocycles. The fraction of sp³-hybridized carbons (Fsp3) is 0.471. The third kappa shape index (κ3) is 3.36. The number of aliphatic hydroxyl groups is 1. The van der Waals surface area contributed by atoms with E-state index in [-0.39, 0.29) is 0 Å². The molecule has 25 heavy (non-hydrogen) atoms. The van der Waals surface area contributed by atoms with Gasteiger partial charge in [-0.05, 0) is 44.9 Å². The first-order valence-electron chi connectivity index (χ1n) is 8.44. The Morgan fingerprint density at radius 1 is 1.32 bits per heavy atom. The third-order valence-corrected chi connectivity index (χ3v) is 5.22. The molecule has 0 fully saturated rings. The van der Waals surface area contributed by atoms with Crippen LogP contribution in [-0.4, -0.2) is 38.5 Å². The molecular formula is C17H24N6OS. The Bertz CT molecular complexity index is 850. The van der Waals surface area contributed by atoms with Crippen LogP contribution in [0.5, 0.6) is 0 Å². The maximum atomic E-state index is 11.3. The van der Waals surface area contributed by atoms with Crippen LogP contribution < -0.4 is 16.3 Å². The fourth-order valence-electron chi connectivity index (χ4n) is 2.72. The van der Waals surface area contributed by atoms with E-state index in [2.05, 4.69) is 38.6 Å². The second kappa shape index (κ2) is 7.05. The van der Waals surface area contributed by atoms with Crippen molar-refractivity contribution in [1.82, 2.24) is 14.5 Å². The maximum Gasteiger partial charge on any atom is 0.234 e. The van der Waals surface area contributed by atoms with Gasteiger partial charge < -0.3 is 15.7 Å². The van der Waals surface area contributed by atoms with Crippen molar-refractivity contribution in [2.24, 2.45) is 4.99 Å². The molecule has 0 saturated heterocycles. The van der Waals surface area contributed by atoms with Gasteiger partial charge in [-0.15, -0.1) is 0 Å². The molecule has 0 amide bonds. The summed E-state index contributed by atoms with van der Waals surface area (Å²) in [6, 6.07) is 6.00. The molecule has 3 N–H and O–H groups in total. The van der Waals surface area contributed by atoms with Gasteiger partial charge in [-0.3, -0.25) is 4.99 Å². The zero-order chi connectivity index (χ0) is 18.0. The van der Waals surface area contributed by atoms with Crippen molar-refractivity contribution in [3.63, 3.8) is 0 Å². The smallest absolute Gasteiger partial charge is 0.234 e. The van der Waals surface area contributed by atoms with Crippen LogP contribution in [-0.2, 0) is 5.85 Å². The van der Waals surface area contributed by atoms with Crippen LogP contribution in [0.4, 0.5) is 11.6 Å². The van der Waals surface area contributed by atoms with Crippen LogP contribution in [0.25, 0.3) is 0 Å². The number of nitrogens with zero attached hydrogens (tertiary/aromatic N) is 4. The molecule has 0 radical (unpaired) electrons. The van der Waals surface area contributed by atoms with E-state index in [9.17, 15) is 5.11 Å². The molecule has 1 aromatic carbocycles. The summed E-state index contributed by atoms with van der Waals surface area (Å²) in [5, 5.41) is 18.4. The molecular weight excluding hydrogens is 336 g/mol. The molecule has 2 heterocycles. The van der Waals surface area contributed by atoms with E-state index in [1.807, 2.05) is 32.9 Å². The number of anilines is 2. The van der Waals surface area contributed by atoms with Crippen molar-refractivity contribution < 1.29 is 5.11 Å². The zero-order valence-electron chi connectivity index (χ0n) is 15.0. The molecule has 7 nitrogen and oxygen atoms in total. The number of hydrogen-bond acceptors (Lipinski definition) is 7. The fourth-order valence-corrected chi connectivity index (χ4v) is 3.77. The molecule has 1 aliphatic heterocycles. The van der Waals surface area contributed by atoms with E-state index < -0.39 is 5.85 Å². The molecule has 0 unspecified atom stereocenters. The molecule has 8 heteroatoms. The van der Waals surface area contributed by atoms with Gasteiger partial charge in [0.25, 0.3) is 0 Å². The summed E-state index contributed by atoms with van der Waals surface area (Å²) in [5.74, 6) is -0.363. The minimum Gasteiger partial charge on any atom is -0.354 e. The topological polar surface area (TPSA) is 87.4 Å². The Labute approximate surface area is 151 Å². The van der Waals surface area contributed by atoms with Gasteiger partial charge >= 0.3 is 0 Å². The Kier molecular flexibility index (Phi) is 5.01. The van der Waals surface area contributed by atoms with Crippen LogP contribution in [0, 0.1) is 13.8 Å². The van der Waals surface area contributed by atoms with E-state index in [0.29, 0.717) is 29.0 Å². The molecule has 1 aliphatic rings. The number of fused-ring (bicyclic) bond motifs is 1. The molecule has 134 valence electrons. The summed E-state index contributed by atoms with van der Waals surface area (Å²) < 4.78 is 1.68. The van der Waals surface area contributed by atoms with Gasteiger partial charge in [0.1, 0.15) is 0 Å². The summed E-state index contributed by atoms with van der Waals surface area (Å²) in [5.41, 5.74) is 3.63.